The first-order valence-electron chi connectivity index (χ1n) is 8.54. The van der Waals surface area contributed by atoms with E-state index < -0.39 is 10.0 Å². The number of nitrogens with one attached hydrogen (secondary N) is 1. The first-order valence-corrected chi connectivity index (χ1v) is 10.8. The first-order chi connectivity index (χ1) is 12.5. The van der Waals surface area contributed by atoms with Gasteiger partial charge in [-0.3, -0.25) is 0 Å². The molecule has 0 aliphatic rings. The Kier molecular flexibility index (Phi) is 8.12. The number of sulfonamides is 1. The zero-order valence-corrected chi connectivity index (χ0v) is 17.1. The van der Waals surface area contributed by atoms with E-state index in [-0.39, 0.29) is 4.90 Å². The Hall–Kier alpha value is -1.86. The third kappa shape index (κ3) is 6.80. The molecule has 26 heavy (non-hydrogen) atoms. The van der Waals surface area contributed by atoms with Crippen molar-refractivity contribution in [1.29, 1.82) is 0 Å². The zero-order chi connectivity index (χ0) is 18.8. The predicted molar refractivity (Wildman–Crippen MR) is 108 cm³/mol. The highest BCUT2D eigenvalue weighted by molar-refractivity contribution is 9.10. The molecule has 2 rings (SSSR count). The number of benzene rings is 2. The van der Waals surface area contributed by atoms with Crippen LogP contribution >= 0.6 is 15.9 Å². The van der Waals surface area contributed by atoms with Crippen LogP contribution < -0.4 is 9.57 Å². The number of halogens is 1. The number of unbranched alkanes of at least 4 members (excludes halogenated alkanes) is 3. The molecular weight excluding hydrogens is 416 g/mol. The second-order valence-corrected chi connectivity index (χ2v) is 8.36. The van der Waals surface area contributed by atoms with Gasteiger partial charge in [-0.15, -0.1) is 0 Å². The van der Waals surface area contributed by atoms with Crippen LogP contribution in [-0.4, -0.2) is 21.2 Å². The van der Waals surface area contributed by atoms with Gasteiger partial charge in [-0.2, -0.15) is 13.5 Å². The molecule has 0 saturated carbocycles. The normalized spacial score (nSPS) is 11.6. The highest BCUT2D eigenvalue weighted by atomic mass is 79.9. The van der Waals surface area contributed by atoms with Crippen molar-refractivity contribution in [3.8, 4) is 5.75 Å². The van der Waals surface area contributed by atoms with Gasteiger partial charge in [0, 0.05) is 4.47 Å². The standard InChI is InChI=1S/C19H23BrN2O3S/c1-2-3-4-5-14-25-18-10-6-16(7-11-18)15-21-22-26(23,24)19-12-8-17(20)9-13-19/h6-13,15,22H,2-5,14H2,1H3. The molecule has 5 nitrogen and oxygen atoms in total. The molecule has 2 aromatic rings. The van der Waals surface area contributed by atoms with Gasteiger partial charge in [0.25, 0.3) is 10.0 Å². The lowest BCUT2D eigenvalue weighted by Crippen LogP contribution is -2.18. The fourth-order valence-electron chi connectivity index (χ4n) is 2.21. The monoisotopic (exact) mass is 438 g/mol. The maximum Gasteiger partial charge on any atom is 0.276 e. The Morgan fingerprint density at radius 2 is 1.73 bits per heavy atom. The number of hydrogen-bond donors (Lipinski definition) is 1. The van der Waals surface area contributed by atoms with E-state index in [1.54, 1.807) is 12.1 Å². The molecule has 0 bridgehead atoms. The summed E-state index contributed by atoms with van der Waals surface area (Å²) in [5.74, 6) is 0.800. The number of nitrogens with zero attached hydrogens (tertiary/aromatic N) is 1. The van der Waals surface area contributed by atoms with Crippen molar-refractivity contribution in [3.05, 3.63) is 58.6 Å². The van der Waals surface area contributed by atoms with Gasteiger partial charge in [0.15, 0.2) is 0 Å². The van der Waals surface area contributed by atoms with Crippen molar-refractivity contribution in [1.82, 2.24) is 4.83 Å². The molecule has 7 heteroatoms. The summed E-state index contributed by atoms with van der Waals surface area (Å²) in [5, 5.41) is 3.82. The molecule has 0 radical (unpaired) electrons. The third-order valence-corrected chi connectivity index (χ3v) is 5.42. The maximum atomic E-state index is 12.1. The molecule has 2 aromatic carbocycles. The van der Waals surface area contributed by atoms with E-state index >= 15 is 0 Å². The summed E-state index contributed by atoms with van der Waals surface area (Å²) in [6.07, 6.45) is 6.13. The van der Waals surface area contributed by atoms with Crippen LogP contribution in [0.3, 0.4) is 0 Å². The Morgan fingerprint density at radius 1 is 1.04 bits per heavy atom. The SMILES string of the molecule is CCCCCCOc1ccc(C=NNS(=O)(=O)c2ccc(Br)cc2)cc1. The van der Waals surface area contributed by atoms with Gasteiger partial charge in [-0.05, 0) is 60.5 Å². The van der Waals surface area contributed by atoms with Crippen molar-refractivity contribution >= 4 is 32.2 Å². The second kappa shape index (κ2) is 10.3. The minimum absolute atomic E-state index is 0.157. The summed E-state index contributed by atoms with van der Waals surface area (Å²) in [6.45, 7) is 2.89. The summed E-state index contributed by atoms with van der Waals surface area (Å²) in [5.41, 5.74) is 0.779. The molecular formula is C19H23BrN2O3S. The largest absolute Gasteiger partial charge is 0.494 e. The Morgan fingerprint density at radius 3 is 2.38 bits per heavy atom. The van der Waals surface area contributed by atoms with Crippen molar-refractivity contribution in [3.63, 3.8) is 0 Å². The lowest BCUT2D eigenvalue weighted by atomic mass is 10.2. The Labute approximate surface area is 163 Å². The third-order valence-electron chi connectivity index (χ3n) is 3.66. The number of hydrogen-bond acceptors (Lipinski definition) is 4. The molecule has 0 atom stereocenters. The summed E-state index contributed by atoms with van der Waals surface area (Å²) in [7, 11) is -3.67. The highest BCUT2D eigenvalue weighted by Gasteiger charge is 2.11. The molecule has 0 aliphatic heterocycles. The molecule has 0 fully saturated rings. The van der Waals surface area contributed by atoms with Crippen molar-refractivity contribution in [2.75, 3.05) is 6.61 Å². The van der Waals surface area contributed by atoms with Gasteiger partial charge in [0.05, 0.1) is 17.7 Å². The minimum Gasteiger partial charge on any atom is -0.494 e. The zero-order valence-electron chi connectivity index (χ0n) is 14.7. The van der Waals surface area contributed by atoms with Gasteiger partial charge in [0.1, 0.15) is 5.75 Å². The average molecular weight is 439 g/mol. The second-order valence-electron chi connectivity index (χ2n) is 5.79. The van der Waals surface area contributed by atoms with E-state index in [9.17, 15) is 8.42 Å². The highest BCUT2D eigenvalue weighted by Crippen LogP contribution is 2.15. The van der Waals surface area contributed by atoms with Crippen LogP contribution in [0.15, 0.2) is 63.0 Å². The average Bonchev–Trinajstić information content (AvgIpc) is 2.63. The maximum absolute atomic E-state index is 12.1. The van der Waals surface area contributed by atoms with Crippen LogP contribution in [-0.2, 0) is 10.0 Å². The summed E-state index contributed by atoms with van der Waals surface area (Å²) >= 11 is 3.27. The summed E-state index contributed by atoms with van der Waals surface area (Å²) in [6, 6.07) is 13.7. The molecule has 0 aliphatic carbocycles. The number of hydrazone groups is 1. The van der Waals surface area contributed by atoms with Crippen molar-refractivity contribution in [2.45, 2.75) is 37.5 Å². The fourth-order valence-corrected chi connectivity index (χ4v) is 3.26. The van der Waals surface area contributed by atoms with Crippen molar-refractivity contribution in [2.24, 2.45) is 5.10 Å². The van der Waals surface area contributed by atoms with E-state index in [0.717, 1.165) is 22.2 Å². The van der Waals surface area contributed by atoms with Gasteiger partial charge < -0.3 is 4.74 Å². The molecule has 140 valence electrons. The van der Waals surface area contributed by atoms with E-state index in [1.165, 1.54) is 37.6 Å². The van der Waals surface area contributed by atoms with Crippen LogP contribution in [0.4, 0.5) is 0 Å². The fraction of sp³-hybridized carbons (Fsp3) is 0.316. The Bertz CT molecular complexity index is 804. The van der Waals surface area contributed by atoms with Crippen molar-refractivity contribution < 1.29 is 13.2 Å². The van der Waals surface area contributed by atoms with Crippen LogP contribution in [0.5, 0.6) is 5.75 Å². The lowest BCUT2D eigenvalue weighted by Gasteiger charge is -2.06. The van der Waals surface area contributed by atoms with E-state index in [2.05, 4.69) is 32.8 Å². The number of ether oxygens (including phenoxy) is 1. The van der Waals surface area contributed by atoms with E-state index in [1.807, 2.05) is 24.3 Å². The first kappa shape index (κ1) is 20.5. The lowest BCUT2D eigenvalue weighted by molar-refractivity contribution is 0.305. The van der Waals surface area contributed by atoms with Gasteiger partial charge in [-0.25, -0.2) is 4.83 Å². The van der Waals surface area contributed by atoms with Crippen LogP contribution in [0, 0.1) is 0 Å². The Balaban J connectivity index is 1.85. The molecule has 0 spiro atoms. The van der Waals surface area contributed by atoms with Gasteiger partial charge >= 0.3 is 0 Å². The van der Waals surface area contributed by atoms with E-state index in [0.29, 0.717) is 6.61 Å². The molecule has 0 unspecified atom stereocenters. The minimum atomic E-state index is -3.67. The van der Waals surface area contributed by atoms with Gasteiger partial charge in [-0.1, -0.05) is 42.1 Å². The molecule has 0 saturated heterocycles. The quantitative estimate of drug-likeness (QED) is 0.331. The molecule has 0 aromatic heterocycles. The van der Waals surface area contributed by atoms with Gasteiger partial charge in [0.2, 0.25) is 0 Å². The summed E-state index contributed by atoms with van der Waals surface area (Å²) in [4.78, 5) is 2.36. The number of rotatable bonds is 10. The molecule has 0 heterocycles. The van der Waals surface area contributed by atoms with Crippen LogP contribution in [0.1, 0.15) is 38.2 Å². The molecule has 1 N–H and O–H groups in total. The van der Waals surface area contributed by atoms with Crippen LogP contribution in [0.25, 0.3) is 0 Å². The summed E-state index contributed by atoms with van der Waals surface area (Å²) < 4.78 is 30.7. The smallest absolute Gasteiger partial charge is 0.276 e. The van der Waals surface area contributed by atoms with E-state index in [4.69, 9.17) is 4.74 Å². The van der Waals surface area contributed by atoms with Crippen LogP contribution in [0.2, 0.25) is 0 Å². The molecule has 0 amide bonds. The topological polar surface area (TPSA) is 67.8 Å². The predicted octanol–water partition coefficient (Wildman–Crippen LogP) is 4.72.